The van der Waals surface area contributed by atoms with Gasteiger partial charge in [0.2, 0.25) is 0 Å². The van der Waals surface area contributed by atoms with Gasteiger partial charge < -0.3 is 12.8 Å². The second kappa shape index (κ2) is 26.8. The molecule has 0 radical (unpaired) electrons. The van der Waals surface area contributed by atoms with E-state index in [4.69, 9.17) is 0 Å². The van der Waals surface area contributed by atoms with Gasteiger partial charge in [0, 0.05) is 0 Å². The molecule has 7 heavy (non-hydrogen) atoms. The monoisotopic (exact) mass is 126 g/mol. The summed E-state index contributed by atoms with van der Waals surface area (Å²) in [6, 6.07) is 0. The Morgan fingerprint density at radius 3 is 0.714 bits per heavy atom. The Balaban J connectivity index is -0.0000000400. The van der Waals surface area contributed by atoms with E-state index in [9.17, 15) is 0 Å². The first-order valence-corrected chi connectivity index (χ1v) is 2.31. The van der Waals surface area contributed by atoms with Gasteiger partial charge in [0.25, 0.3) is 0 Å². The molecule has 1 heteroatoms. The Bertz CT molecular complexity index is 6.14. The summed E-state index contributed by atoms with van der Waals surface area (Å²) < 4.78 is 0. The minimum atomic E-state index is 0. The van der Waals surface area contributed by atoms with E-state index in [-0.39, 0.29) is 37.7 Å². The zero-order chi connectivity index (χ0) is 5.41. The second-order valence-corrected chi connectivity index (χ2v) is 1.15. The fourth-order valence-corrected chi connectivity index (χ4v) is 0. The molecular weight excluding hydrogens is 112 g/mol. The molecule has 0 rings (SSSR count). The van der Waals surface area contributed by atoms with Crippen molar-refractivity contribution in [2.45, 2.75) is 27.7 Å². The minimum Gasteiger partial charge on any atom is -0.335 e. The van der Waals surface area contributed by atoms with Crippen LogP contribution in [0.2, 0.25) is 0 Å². The van der Waals surface area contributed by atoms with Crippen molar-refractivity contribution in [3.8, 4) is 0 Å². The molecule has 40 valence electrons. The van der Waals surface area contributed by atoms with Gasteiger partial charge >= 0.3 is 37.7 Å². The summed E-state index contributed by atoms with van der Waals surface area (Å²) in [6.45, 7) is 8.00. The summed E-state index contributed by atoms with van der Waals surface area (Å²) in [5.74, 6) is 0. The SMILES string of the molecule is C[CH-]C.C[CH-]C.[Ca+2]. The average Bonchev–Trinajstić information content (AvgIpc) is 1.39. The van der Waals surface area contributed by atoms with Gasteiger partial charge in [-0.2, -0.15) is 27.7 Å². The van der Waals surface area contributed by atoms with E-state index in [1.807, 2.05) is 40.5 Å². The third kappa shape index (κ3) is 127. The van der Waals surface area contributed by atoms with Crippen molar-refractivity contribution in [3.63, 3.8) is 0 Å². The maximum absolute atomic E-state index is 2.00. The summed E-state index contributed by atoms with van der Waals surface area (Å²) in [6.07, 6.45) is 4.00. The van der Waals surface area contributed by atoms with Crippen molar-refractivity contribution in [3.05, 3.63) is 12.8 Å². The first-order valence-electron chi connectivity index (χ1n) is 2.31. The van der Waals surface area contributed by atoms with E-state index < -0.39 is 0 Å². The van der Waals surface area contributed by atoms with Crippen LogP contribution in [-0.2, 0) is 0 Å². The van der Waals surface area contributed by atoms with E-state index in [0.717, 1.165) is 0 Å². The Labute approximate surface area is 77.7 Å². The molecule has 0 aliphatic rings. The topological polar surface area (TPSA) is 0 Å². The minimum absolute atomic E-state index is 0. The first-order chi connectivity index (χ1) is 2.83. The van der Waals surface area contributed by atoms with Gasteiger partial charge in [0.05, 0.1) is 0 Å². The summed E-state index contributed by atoms with van der Waals surface area (Å²) in [7, 11) is 0. The molecular formula is C6H14Ca. The fourth-order valence-electron chi connectivity index (χ4n) is 0. The van der Waals surface area contributed by atoms with Gasteiger partial charge in [-0.05, 0) is 0 Å². The predicted octanol–water partition coefficient (Wildman–Crippen LogP) is 2.08. The van der Waals surface area contributed by atoms with E-state index in [1.54, 1.807) is 0 Å². The Morgan fingerprint density at radius 1 is 0.714 bits per heavy atom. The molecule has 0 heterocycles. The third-order valence-corrected chi connectivity index (χ3v) is 0. The molecule has 0 unspecified atom stereocenters. The van der Waals surface area contributed by atoms with E-state index in [2.05, 4.69) is 0 Å². The zero-order valence-electron chi connectivity index (χ0n) is 5.86. The van der Waals surface area contributed by atoms with Gasteiger partial charge in [0.1, 0.15) is 0 Å². The molecule has 0 atom stereocenters. The zero-order valence-corrected chi connectivity index (χ0v) is 8.07. The molecule has 0 bridgehead atoms. The average molecular weight is 126 g/mol. The van der Waals surface area contributed by atoms with Gasteiger partial charge in [-0.15, -0.1) is 0 Å². The van der Waals surface area contributed by atoms with Crippen molar-refractivity contribution >= 4 is 37.7 Å². The molecule has 0 aliphatic carbocycles. The number of hydrogen-bond donors (Lipinski definition) is 0. The normalized spacial score (nSPS) is 5.14. The Morgan fingerprint density at radius 2 is 0.714 bits per heavy atom. The van der Waals surface area contributed by atoms with Crippen LogP contribution in [0.15, 0.2) is 0 Å². The van der Waals surface area contributed by atoms with E-state index in [0.29, 0.717) is 0 Å². The Hall–Kier alpha value is 1.26. The van der Waals surface area contributed by atoms with Crippen molar-refractivity contribution in [1.82, 2.24) is 0 Å². The van der Waals surface area contributed by atoms with Gasteiger partial charge in [0.15, 0.2) is 0 Å². The summed E-state index contributed by atoms with van der Waals surface area (Å²) in [5.41, 5.74) is 0. The van der Waals surface area contributed by atoms with Crippen molar-refractivity contribution < 1.29 is 0 Å². The standard InChI is InChI=1S/2C3H7.Ca/c2*1-3-2;/h2*3H,1-2H3;/q2*-1;+2. The summed E-state index contributed by atoms with van der Waals surface area (Å²) >= 11 is 0. The van der Waals surface area contributed by atoms with Gasteiger partial charge in [-0.25, -0.2) is 0 Å². The first kappa shape index (κ1) is 15.7. The quantitative estimate of drug-likeness (QED) is 0.344. The molecule has 0 N–H and O–H groups in total. The van der Waals surface area contributed by atoms with Crippen molar-refractivity contribution in [1.29, 1.82) is 0 Å². The van der Waals surface area contributed by atoms with Crippen LogP contribution in [0.3, 0.4) is 0 Å². The van der Waals surface area contributed by atoms with Crippen LogP contribution in [0.1, 0.15) is 27.7 Å². The molecule has 0 amide bonds. The van der Waals surface area contributed by atoms with Crippen LogP contribution in [0, 0.1) is 12.8 Å². The summed E-state index contributed by atoms with van der Waals surface area (Å²) in [4.78, 5) is 0. The molecule has 0 aromatic rings. The van der Waals surface area contributed by atoms with Crippen LogP contribution in [0.4, 0.5) is 0 Å². The molecule has 0 saturated carbocycles. The second-order valence-electron chi connectivity index (χ2n) is 1.15. The van der Waals surface area contributed by atoms with Crippen molar-refractivity contribution in [2.24, 2.45) is 0 Å². The molecule has 0 spiro atoms. The van der Waals surface area contributed by atoms with Crippen LogP contribution in [-0.4, -0.2) is 37.7 Å². The molecule has 0 saturated heterocycles. The molecule has 0 aliphatic heterocycles. The number of rotatable bonds is 0. The van der Waals surface area contributed by atoms with Gasteiger partial charge in [-0.1, -0.05) is 0 Å². The van der Waals surface area contributed by atoms with Crippen LogP contribution in [0.5, 0.6) is 0 Å². The van der Waals surface area contributed by atoms with Crippen molar-refractivity contribution in [2.75, 3.05) is 0 Å². The molecule has 0 nitrogen and oxygen atoms in total. The molecule has 0 aromatic carbocycles. The summed E-state index contributed by atoms with van der Waals surface area (Å²) in [5, 5.41) is 0. The van der Waals surface area contributed by atoms with Crippen LogP contribution in [0.25, 0.3) is 0 Å². The van der Waals surface area contributed by atoms with Gasteiger partial charge in [-0.3, -0.25) is 0 Å². The smallest absolute Gasteiger partial charge is 0.335 e. The van der Waals surface area contributed by atoms with E-state index in [1.165, 1.54) is 0 Å². The largest absolute Gasteiger partial charge is 2.00 e. The maximum Gasteiger partial charge on any atom is 2.00 e. The third-order valence-electron chi connectivity index (χ3n) is 0. The molecule has 0 fully saturated rings. The van der Waals surface area contributed by atoms with Crippen LogP contribution >= 0.6 is 0 Å². The Kier molecular flexibility index (Phi) is 60.2. The maximum atomic E-state index is 2.00. The van der Waals surface area contributed by atoms with Crippen LogP contribution < -0.4 is 0 Å². The molecule has 0 aromatic heterocycles. The number of hydrogen-bond acceptors (Lipinski definition) is 0. The van der Waals surface area contributed by atoms with E-state index >= 15 is 0 Å². The fraction of sp³-hybridized carbons (Fsp3) is 0.667. The predicted molar refractivity (Wildman–Crippen MR) is 37.0 cm³/mol.